The van der Waals surface area contributed by atoms with Crippen LogP contribution in [0, 0.1) is 6.92 Å². The molecule has 15 heavy (non-hydrogen) atoms. The van der Waals surface area contributed by atoms with Gasteiger partial charge in [0, 0.05) is 12.1 Å². The zero-order chi connectivity index (χ0) is 10.7. The Labute approximate surface area is 92.2 Å². The molecule has 0 aliphatic carbocycles. The molecule has 0 bridgehead atoms. The summed E-state index contributed by atoms with van der Waals surface area (Å²) in [6, 6.07) is 5.88. The molecule has 5 heteroatoms. The SMILES string of the molecule is Cc1cccc(-c2nnc(CCN)s2)n1. The van der Waals surface area contributed by atoms with E-state index in [0.717, 1.165) is 27.8 Å². The molecule has 0 unspecified atom stereocenters. The standard InChI is InChI=1S/C10H12N4S/c1-7-3-2-4-8(12-7)10-14-13-9(15-10)5-6-11/h2-4H,5-6,11H2,1H3. The number of pyridine rings is 1. The molecule has 0 saturated heterocycles. The summed E-state index contributed by atoms with van der Waals surface area (Å²) >= 11 is 1.55. The van der Waals surface area contributed by atoms with Gasteiger partial charge in [-0.2, -0.15) is 0 Å². The molecule has 2 aromatic heterocycles. The van der Waals surface area contributed by atoms with Crippen molar-refractivity contribution in [1.82, 2.24) is 15.2 Å². The maximum Gasteiger partial charge on any atom is 0.166 e. The first-order valence-electron chi connectivity index (χ1n) is 4.76. The fraction of sp³-hybridized carbons (Fsp3) is 0.300. The van der Waals surface area contributed by atoms with Crippen LogP contribution in [-0.4, -0.2) is 21.7 Å². The number of nitrogens with two attached hydrogens (primary N) is 1. The topological polar surface area (TPSA) is 64.7 Å². The molecule has 0 spiro atoms. The molecule has 2 rings (SSSR count). The Hall–Kier alpha value is -1.33. The third-order valence-corrected chi connectivity index (χ3v) is 2.94. The smallest absolute Gasteiger partial charge is 0.166 e. The van der Waals surface area contributed by atoms with Crippen LogP contribution in [0.2, 0.25) is 0 Å². The lowest BCUT2D eigenvalue weighted by molar-refractivity contribution is 0.912. The number of aryl methyl sites for hydroxylation is 1. The second-order valence-corrected chi connectivity index (χ2v) is 4.27. The molecule has 2 N–H and O–H groups in total. The van der Waals surface area contributed by atoms with E-state index in [-0.39, 0.29) is 0 Å². The van der Waals surface area contributed by atoms with Gasteiger partial charge in [-0.3, -0.25) is 4.98 Å². The molecule has 0 aliphatic rings. The highest BCUT2D eigenvalue weighted by molar-refractivity contribution is 7.14. The Morgan fingerprint density at radius 1 is 1.33 bits per heavy atom. The average molecular weight is 220 g/mol. The summed E-state index contributed by atoms with van der Waals surface area (Å²) in [5, 5.41) is 9.99. The van der Waals surface area contributed by atoms with Gasteiger partial charge in [0.2, 0.25) is 0 Å². The third-order valence-electron chi connectivity index (χ3n) is 1.93. The minimum Gasteiger partial charge on any atom is -0.330 e. The molecule has 0 fully saturated rings. The van der Waals surface area contributed by atoms with Crippen molar-refractivity contribution in [2.24, 2.45) is 5.73 Å². The molecule has 2 aromatic rings. The van der Waals surface area contributed by atoms with E-state index >= 15 is 0 Å². The van der Waals surface area contributed by atoms with Gasteiger partial charge in [-0.1, -0.05) is 17.4 Å². The quantitative estimate of drug-likeness (QED) is 0.849. The van der Waals surface area contributed by atoms with Crippen LogP contribution in [0.15, 0.2) is 18.2 Å². The molecule has 2 heterocycles. The Morgan fingerprint density at radius 2 is 2.20 bits per heavy atom. The Balaban J connectivity index is 2.29. The van der Waals surface area contributed by atoms with Crippen LogP contribution in [0.4, 0.5) is 0 Å². The maximum atomic E-state index is 5.46. The third kappa shape index (κ3) is 2.37. The molecular weight excluding hydrogens is 208 g/mol. The average Bonchev–Trinajstić information content (AvgIpc) is 2.67. The monoisotopic (exact) mass is 220 g/mol. The van der Waals surface area contributed by atoms with E-state index in [2.05, 4.69) is 15.2 Å². The normalized spacial score (nSPS) is 10.5. The molecule has 4 nitrogen and oxygen atoms in total. The molecule has 0 atom stereocenters. The summed E-state index contributed by atoms with van der Waals surface area (Å²) in [6.07, 6.45) is 0.781. The number of rotatable bonds is 3. The molecule has 0 amide bonds. The highest BCUT2D eigenvalue weighted by atomic mass is 32.1. The van der Waals surface area contributed by atoms with Gasteiger partial charge in [-0.25, -0.2) is 0 Å². The zero-order valence-corrected chi connectivity index (χ0v) is 9.29. The first-order valence-corrected chi connectivity index (χ1v) is 5.57. The molecule has 0 radical (unpaired) electrons. The van der Waals surface area contributed by atoms with Crippen molar-refractivity contribution in [1.29, 1.82) is 0 Å². The summed E-state index contributed by atoms with van der Waals surface area (Å²) in [4.78, 5) is 4.39. The largest absolute Gasteiger partial charge is 0.330 e. The summed E-state index contributed by atoms with van der Waals surface area (Å²) < 4.78 is 0. The van der Waals surface area contributed by atoms with Crippen molar-refractivity contribution < 1.29 is 0 Å². The van der Waals surface area contributed by atoms with E-state index < -0.39 is 0 Å². The maximum absolute atomic E-state index is 5.46. The molecular formula is C10H12N4S. The van der Waals surface area contributed by atoms with E-state index in [1.54, 1.807) is 11.3 Å². The van der Waals surface area contributed by atoms with E-state index in [1.165, 1.54) is 0 Å². The zero-order valence-electron chi connectivity index (χ0n) is 8.47. The van der Waals surface area contributed by atoms with Crippen molar-refractivity contribution in [2.75, 3.05) is 6.54 Å². The Bertz CT molecular complexity index is 452. The second-order valence-electron chi connectivity index (χ2n) is 3.20. The molecule has 0 aliphatic heterocycles. The molecule has 0 saturated carbocycles. The lowest BCUT2D eigenvalue weighted by Gasteiger charge is -1.95. The van der Waals surface area contributed by atoms with Crippen LogP contribution >= 0.6 is 11.3 Å². The van der Waals surface area contributed by atoms with Gasteiger partial charge >= 0.3 is 0 Å². The Kier molecular flexibility index (Phi) is 3.03. The van der Waals surface area contributed by atoms with Crippen molar-refractivity contribution in [2.45, 2.75) is 13.3 Å². The fourth-order valence-electron chi connectivity index (χ4n) is 1.24. The minimum atomic E-state index is 0.607. The van der Waals surface area contributed by atoms with Gasteiger partial charge < -0.3 is 5.73 Å². The first kappa shape index (κ1) is 10.2. The van der Waals surface area contributed by atoms with Gasteiger partial charge in [-0.05, 0) is 25.6 Å². The summed E-state index contributed by atoms with van der Waals surface area (Å²) in [6.45, 7) is 2.57. The number of hydrogen-bond donors (Lipinski definition) is 1. The van der Waals surface area contributed by atoms with Gasteiger partial charge in [-0.15, -0.1) is 10.2 Å². The van der Waals surface area contributed by atoms with Crippen LogP contribution in [0.5, 0.6) is 0 Å². The highest BCUT2D eigenvalue weighted by Crippen LogP contribution is 2.21. The van der Waals surface area contributed by atoms with E-state index in [1.807, 2.05) is 25.1 Å². The van der Waals surface area contributed by atoms with Crippen LogP contribution in [0.25, 0.3) is 10.7 Å². The van der Waals surface area contributed by atoms with Gasteiger partial charge in [0.25, 0.3) is 0 Å². The second kappa shape index (κ2) is 4.46. The van der Waals surface area contributed by atoms with Crippen LogP contribution in [0.1, 0.15) is 10.7 Å². The number of aromatic nitrogens is 3. The van der Waals surface area contributed by atoms with Gasteiger partial charge in [0.05, 0.1) is 0 Å². The Morgan fingerprint density at radius 3 is 2.93 bits per heavy atom. The fourth-order valence-corrected chi connectivity index (χ4v) is 2.07. The highest BCUT2D eigenvalue weighted by Gasteiger charge is 2.06. The van der Waals surface area contributed by atoms with Crippen molar-refractivity contribution in [3.8, 4) is 10.7 Å². The summed E-state index contributed by atoms with van der Waals surface area (Å²) in [7, 11) is 0. The lowest BCUT2D eigenvalue weighted by Crippen LogP contribution is -2.01. The van der Waals surface area contributed by atoms with Crippen LogP contribution in [-0.2, 0) is 6.42 Å². The summed E-state index contributed by atoms with van der Waals surface area (Å²) in [5.41, 5.74) is 7.33. The van der Waals surface area contributed by atoms with Crippen LogP contribution in [0.3, 0.4) is 0 Å². The van der Waals surface area contributed by atoms with Crippen molar-refractivity contribution >= 4 is 11.3 Å². The van der Waals surface area contributed by atoms with E-state index in [4.69, 9.17) is 5.73 Å². The van der Waals surface area contributed by atoms with Gasteiger partial charge in [0.15, 0.2) is 5.01 Å². The predicted molar refractivity (Wildman–Crippen MR) is 60.6 cm³/mol. The first-order chi connectivity index (χ1) is 7.29. The summed E-state index contributed by atoms with van der Waals surface area (Å²) in [5.74, 6) is 0. The van der Waals surface area contributed by atoms with Gasteiger partial charge in [0.1, 0.15) is 10.7 Å². The predicted octanol–water partition coefficient (Wildman–Crippen LogP) is 1.41. The van der Waals surface area contributed by atoms with Crippen LogP contribution < -0.4 is 5.73 Å². The number of hydrogen-bond acceptors (Lipinski definition) is 5. The number of nitrogens with zero attached hydrogens (tertiary/aromatic N) is 3. The molecule has 0 aromatic carbocycles. The molecule has 78 valence electrons. The van der Waals surface area contributed by atoms with Crippen molar-refractivity contribution in [3.05, 3.63) is 28.9 Å². The van der Waals surface area contributed by atoms with Crippen molar-refractivity contribution in [3.63, 3.8) is 0 Å². The van der Waals surface area contributed by atoms with E-state index in [0.29, 0.717) is 6.54 Å². The van der Waals surface area contributed by atoms with E-state index in [9.17, 15) is 0 Å². The minimum absolute atomic E-state index is 0.607. The lowest BCUT2D eigenvalue weighted by atomic mass is 10.3.